The van der Waals surface area contributed by atoms with Crippen molar-refractivity contribution in [2.24, 2.45) is 0 Å². The molecule has 0 aliphatic carbocycles. The summed E-state index contributed by atoms with van der Waals surface area (Å²) >= 11 is 0. The summed E-state index contributed by atoms with van der Waals surface area (Å²) in [5.74, 6) is 2.67. The van der Waals surface area contributed by atoms with E-state index in [1.165, 1.54) is 0 Å². The van der Waals surface area contributed by atoms with Crippen molar-refractivity contribution >= 4 is 11.9 Å². The molecule has 0 unspecified atom stereocenters. The van der Waals surface area contributed by atoms with Crippen molar-refractivity contribution in [1.82, 2.24) is 15.0 Å². The molecule has 1 heterocycles. The molecule has 0 fully saturated rings. The van der Waals surface area contributed by atoms with Crippen LogP contribution in [0.25, 0.3) is 11.4 Å². The molecule has 1 aromatic carbocycles. The minimum Gasteiger partial charge on any atom is -0.494 e. The molecule has 1 aromatic heterocycles. The van der Waals surface area contributed by atoms with E-state index >= 15 is 0 Å². The lowest BCUT2D eigenvalue weighted by molar-refractivity contribution is 0.317. The highest BCUT2D eigenvalue weighted by Crippen LogP contribution is 2.21. The third-order valence-corrected chi connectivity index (χ3v) is 2.83. The smallest absolute Gasteiger partial charge is 0.230 e. The van der Waals surface area contributed by atoms with Crippen LogP contribution in [0.2, 0.25) is 0 Å². The number of nitrogens with one attached hydrogen (secondary N) is 1. The van der Waals surface area contributed by atoms with Crippen molar-refractivity contribution in [2.75, 3.05) is 38.0 Å². The molecule has 6 nitrogen and oxygen atoms in total. The van der Waals surface area contributed by atoms with Gasteiger partial charge in [-0.2, -0.15) is 15.0 Å². The van der Waals surface area contributed by atoms with E-state index in [1.807, 2.05) is 43.3 Å². The number of nitrogens with zero attached hydrogens (tertiary/aromatic N) is 4. The van der Waals surface area contributed by atoms with Crippen molar-refractivity contribution in [1.29, 1.82) is 0 Å². The summed E-state index contributed by atoms with van der Waals surface area (Å²) in [7, 11) is 5.60. The van der Waals surface area contributed by atoms with Gasteiger partial charge < -0.3 is 15.0 Å². The van der Waals surface area contributed by atoms with Crippen LogP contribution in [0.5, 0.6) is 5.75 Å². The summed E-state index contributed by atoms with van der Waals surface area (Å²) in [6, 6.07) is 7.78. The van der Waals surface area contributed by atoms with E-state index in [0.29, 0.717) is 17.7 Å². The van der Waals surface area contributed by atoms with Gasteiger partial charge >= 0.3 is 0 Å². The number of rotatable bonds is 6. The van der Waals surface area contributed by atoms with Gasteiger partial charge in [0.2, 0.25) is 11.9 Å². The molecular formula is C15H21N5O. The third-order valence-electron chi connectivity index (χ3n) is 2.83. The predicted octanol–water partition coefficient (Wildman–Crippen LogP) is 2.44. The Kier molecular flexibility index (Phi) is 4.92. The van der Waals surface area contributed by atoms with Gasteiger partial charge in [0.25, 0.3) is 0 Å². The molecule has 0 saturated heterocycles. The normalized spacial score (nSPS) is 10.3. The molecule has 0 saturated carbocycles. The first-order valence-corrected chi connectivity index (χ1v) is 6.98. The lowest BCUT2D eigenvalue weighted by Gasteiger charge is -2.12. The molecule has 0 bridgehead atoms. The second kappa shape index (κ2) is 6.88. The molecule has 0 amide bonds. The fourth-order valence-electron chi connectivity index (χ4n) is 1.73. The number of benzene rings is 1. The van der Waals surface area contributed by atoms with Crippen LogP contribution < -0.4 is 15.0 Å². The molecule has 0 aliphatic heterocycles. The number of hydrogen-bond acceptors (Lipinski definition) is 6. The van der Waals surface area contributed by atoms with Crippen LogP contribution in [0.4, 0.5) is 11.9 Å². The second-order valence-electron chi connectivity index (χ2n) is 4.80. The number of ether oxygens (including phenoxy) is 1. The maximum absolute atomic E-state index is 5.58. The summed E-state index contributed by atoms with van der Waals surface area (Å²) in [5.41, 5.74) is 0.931. The van der Waals surface area contributed by atoms with E-state index in [4.69, 9.17) is 4.74 Å². The van der Waals surface area contributed by atoms with Gasteiger partial charge in [-0.3, -0.25) is 0 Å². The molecule has 2 aromatic rings. The minimum absolute atomic E-state index is 0.551. The number of aromatic nitrogens is 3. The quantitative estimate of drug-likeness (QED) is 0.880. The minimum atomic E-state index is 0.551. The van der Waals surface area contributed by atoms with Crippen LogP contribution in [0.15, 0.2) is 24.3 Å². The summed E-state index contributed by atoms with van der Waals surface area (Å²) in [5, 5.41) is 2.96. The maximum atomic E-state index is 5.58. The fraction of sp³-hybridized carbons (Fsp3) is 0.400. The summed E-state index contributed by atoms with van der Waals surface area (Å²) in [4.78, 5) is 15.0. The Bertz CT molecular complexity index is 583. The van der Waals surface area contributed by atoms with Gasteiger partial charge in [0, 0.05) is 26.7 Å². The van der Waals surface area contributed by atoms with Gasteiger partial charge in [-0.15, -0.1) is 0 Å². The standard InChI is InChI=1S/C15H21N5O/c1-5-10-21-12-8-6-11(7-9-12)13-17-14(16-2)19-15(18-13)20(3)4/h6-9H,5,10H2,1-4H3,(H,16,17,18,19). The van der Waals surface area contributed by atoms with Crippen molar-refractivity contribution in [3.63, 3.8) is 0 Å². The van der Waals surface area contributed by atoms with Gasteiger partial charge in [0.15, 0.2) is 5.82 Å². The van der Waals surface area contributed by atoms with Crippen LogP contribution in [0.1, 0.15) is 13.3 Å². The van der Waals surface area contributed by atoms with E-state index in [-0.39, 0.29) is 0 Å². The van der Waals surface area contributed by atoms with Crippen molar-refractivity contribution in [2.45, 2.75) is 13.3 Å². The molecule has 0 spiro atoms. The largest absolute Gasteiger partial charge is 0.494 e. The van der Waals surface area contributed by atoms with E-state index in [0.717, 1.165) is 24.3 Å². The first-order valence-electron chi connectivity index (χ1n) is 6.98. The highest BCUT2D eigenvalue weighted by molar-refractivity contribution is 5.59. The van der Waals surface area contributed by atoms with E-state index in [9.17, 15) is 0 Å². The Morgan fingerprint density at radius 1 is 1.10 bits per heavy atom. The van der Waals surface area contributed by atoms with Gasteiger partial charge in [-0.25, -0.2) is 0 Å². The number of anilines is 2. The molecule has 0 aliphatic rings. The maximum Gasteiger partial charge on any atom is 0.230 e. The Hall–Kier alpha value is -2.37. The zero-order chi connectivity index (χ0) is 15.2. The highest BCUT2D eigenvalue weighted by Gasteiger charge is 2.09. The van der Waals surface area contributed by atoms with Crippen molar-refractivity contribution < 1.29 is 4.74 Å². The average molecular weight is 287 g/mol. The highest BCUT2D eigenvalue weighted by atomic mass is 16.5. The van der Waals surface area contributed by atoms with E-state index < -0.39 is 0 Å². The van der Waals surface area contributed by atoms with Crippen LogP contribution in [0, 0.1) is 0 Å². The molecule has 6 heteroatoms. The van der Waals surface area contributed by atoms with E-state index in [2.05, 4.69) is 27.2 Å². The second-order valence-corrected chi connectivity index (χ2v) is 4.80. The van der Waals surface area contributed by atoms with Gasteiger partial charge in [-0.1, -0.05) is 6.92 Å². The van der Waals surface area contributed by atoms with Crippen LogP contribution in [-0.4, -0.2) is 42.7 Å². The molecular weight excluding hydrogens is 266 g/mol. The number of hydrogen-bond donors (Lipinski definition) is 1. The summed E-state index contributed by atoms with van der Waals surface area (Å²) in [6.07, 6.45) is 0.993. The first kappa shape index (κ1) is 15.0. The van der Waals surface area contributed by atoms with Crippen LogP contribution >= 0.6 is 0 Å². The Morgan fingerprint density at radius 2 is 1.81 bits per heavy atom. The predicted molar refractivity (Wildman–Crippen MR) is 84.9 cm³/mol. The molecule has 0 radical (unpaired) electrons. The zero-order valence-corrected chi connectivity index (χ0v) is 12.9. The summed E-state index contributed by atoms with van der Waals surface area (Å²) in [6.45, 7) is 2.81. The molecule has 1 N–H and O–H groups in total. The van der Waals surface area contributed by atoms with Crippen molar-refractivity contribution in [3.8, 4) is 17.1 Å². The van der Waals surface area contributed by atoms with Gasteiger partial charge in [0.1, 0.15) is 5.75 Å². The Balaban J connectivity index is 2.30. The summed E-state index contributed by atoms with van der Waals surface area (Å²) < 4.78 is 5.58. The lowest BCUT2D eigenvalue weighted by Crippen LogP contribution is -2.15. The van der Waals surface area contributed by atoms with Crippen LogP contribution in [-0.2, 0) is 0 Å². The SMILES string of the molecule is CCCOc1ccc(-c2nc(NC)nc(N(C)C)n2)cc1. The average Bonchev–Trinajstić information content (AvgIpc) is 2.52. The van der Waals surface area contributed by atoms with Gasteiger partial charge in [0.05, 0.1) is 6.61 Å². The Morgan fingerprint density at radius 3 is 2.38 bits per heavy atom. The van der Waals surface area contributed by atoms with E-state index in [1.54, 1.807) is 7.05 Å². The first-order chi connectivity index (χ1) is 10.1. The van der Waals surface area contributed by atoms with Gasteiger partial charge in [-0.05, 0) is 30.7 Å². The lowest BCUT2D eigenvalue weighted by atomic mass is 10.2. The molecule has 0 atom stereocenters. The zero-order valence-electron chi connectivity index (χ0n) is 12.9. The third kappa shape index (κ3) is 3.81. The fourth-order valence-corrected chi connectivity index (χ4v) is 1.73. The Labute approximate surface area is 125 Å². The molecule has 2 rings (SSSR count). The van der Waals surface area contributed by atoms with Crippen molar-refractivity contribution in [3.05, 3.63) is 24.3 Å². The topological polar surface area (TPSA) is 63.2 Å². The van der Waals surface area contributed by atoms with Crippen LogP contribution in [0.3, 0.4) is 0 Å². The molecule has 21 heavy (non-hydrogen) atoms. The molecule has 112 valence electrons. The monoisotopic (exact) mass is 287 g/mol.